The van der Waals surface area contributed by atoms with Gasteiger partial charge in [0.15, 0.2) is 9.84 Å². The van der Waals surface area contributed by atoms with Crippen LogP contribution < -0.4 is 0 Å². The van der Waals surface area contributed by atoms with Gasteiger partial charge in [-0.25, -0.2) is 8.42 Å². The van der Waals surface area contributed by atoms with Gasteiger partial charge >= 0.3 is 0 Å². The number of hydrogen-bond acceptors (Lipinski definition) is 4. The number of halogens is 1. The first-order valence-corrected chi connectivity index (χ1v) is 12.9. The van der Waals surface area contributed by atoms with Crippen LogP contribution in [0.4, 0.5) is 0 Å². The molecule has 1 saturated heterocycles. The van der Waals surface area contributed by atoms with Gasteiger partial charge in [-0.1, -0.05) is 60.1 Å². The molecule has 0 spiro atoms. The molecule has 5 nitrogen and oxygen atoms in total. The second-order valence-corrected chi connectivity index (χ2v) is 11.0. The van der Waals surface area contributed by atoms with Crippen LogP contribution in [0.3, 0.4) is 0 Å². The first-order chi connectivity index (χ1) is 15.9. The van der Waals surface area contributed by atoms with Crippen molar-refractivity contribution in [3.63, 3.8) is 0 Å². The number of sulfone groups is 1. The van der Waals surface area contributed by atoms with Crippen LogP contribution in [-0.4, -0.2) is 36.8 Å². The number of nitrogens with zero attached hydrogens (tertiary/aromatic N) is 1. The second kappa shape index (κ2) is 8.69. The highest BCUT2D eigenvalue weighted by atomic mass is 35.5. The lowest BCUT2D eigenvalue weighted by molar-refractivity contribution is 0.0668. The average Bonchev–Trinajstić information content (AvgIpc) is 3.42. The molecule has 0 unspecified atom stereocenters. The lowest BCUT2D eigenvalue weighted by Gasteiger charge is -2.28. The van der Waals surface area contributed by atoms with Crippen LogP contribution in [0.5, 0.6) is 0 Å². The molecule has 1 aliphatic rings. The number of furan rings is 1. The SMILES string of the molecule is O=C(c1cccc2ccccc12)N(Cc1ccc(-c2cccc(Cl)c2)o1)[C@@H]1CCS(=O)(=O)C1. The Morgan fingerprint density at radius 2 is 1.79 bits per heavy atom. The van der Waals surface area contributed by atoms with Gasteiger partial charge in [0.25, 0.3) is 5.91 Å². The molecule has 7 heteroatoms. The Labute approximate surface area is 197 Å². The highest BCUT2D eigenvalue weighted by Crippen LogP contribution is 2.29. The monoisotopic (exact) mass is 479 g/mol. The fourth-order valence-corrected chi connectivity index (χ4v) is 6.30. The molecule has 2 heterocycles. The van der Waals surface area contributed by atoms with Gasteiger partial charge in [0.2, 0.25) is 0 Å². The number of rotatable bonds is 5. The number of fused-ring (bicyclic) bond motifs is 1. The van der Waals surface area contributed by atoms with Crippen LogP contribution in [0.15, 0.2) is 83.3 Å². The molecular weight excluding hydrogens is 458 g/mol. The van der Waals surface area contributed by atoms with Gasteiger partial charge in [-0.05, 0) is 47.5 Å². The molecule has 0 bridgehead atoms. The van der Waals surface area contributed by atoms with Gasteiger partial charge < -0.3 is 9.32 Å². The van der Waals surface area contributed by atoms with Crippen LogP contribution in [0, 0.1) is 0 Å². The van der Waals surface area contributed by atoms with Gasteiger partial charge in [-0.2, -0.15) is 0 Å². The first-order valence-electron chi connectivity index (χ1n) is 10.7. The van der Waals surface area contributed by atoms with Gasteiger partial charge in [-0.15, -0.1) is 0 Å². The third-order valence-corrected chi connectivity index (χ3v) is 8.01. The third-order valence-electron chi connectivity index (χ3n) is 6.03. The fraction of sp³-hybridized carbons (Fsp3) is 0.192. The number of carbonyl (C=O) groups excluding carboxylic acids is 1. The van der Waals surface area contributed by atoms with Gasteiger partial charge in [0.1, 0.15) is 11.5 Å². The Kier molecular flexibility index (Phi) is 5.72. The lowest BCUT2D eigenvalue weighted by Crippen LogP contribution is -2.40. The van der Waals surface area contributed by atoms with Gasteiger partial charge in [0, 0.05) is 22.2 Å². The van der Waals surface area contributed by atoms with Crippen molar-refractivity contribution in [1.82, 2.24) is 4.90 Å². The number of amides is 1. The first kappa shape index (κ1) is 21.7. The summed E-state index contributed by atoms with van der Waals surface area (Å²) >= 11 is 6.10. The van der Waals surface area contributed by atoms with E-state index in [1.54, 1.807) is 17.0 Å². The molecule has 1 atom stereocenters. The van der Waals surface area contributed by atoms with Crippen LogP contribution in [0.1, 0.15) is 22.5 Å². The molecule has 33 heavy (non-hydrogen) atoms. The molecule has 0 N–H and O–H groups in total. The highest BCUT2D eigenvalue weighted by molar-refractivity contribution is 7.91. The molecule has 1 amide bonds. The van der Waals surface area contributed by atoms with E-state index >= 15 is 0 Å². The summed E-state index contributed by atoms with van der Waals surface area (Å²) in [4.78, 5) is 15.4. The van der Waals surface area contributed by atoms with Crippen molar-refractivity contribution >= 4 is 38.1 Å². The quantitative estimate of drug-likeness (QED) is 0.374. The van der Waals surface area contributed by atoms with Crippen molar-refractivity contribution in [1.29, 1.82) is 0 Å². The molecule has 5 rings (SSSR count). The van der Waals surface area contributed by atoms with E-state index in [1.807, 2.05) is 66.7 Å². The molecule has 3 aromatic carbocycles. The van der Waals surface area contributed by atoms with E-state index in [0.29, 0.717) is 28.5 Å². The zero-order valence-electron chi connectivity index (χ0n) is 17.8. The Morgan fingerprint density at radius 3 is 2.58 bits per heavy atom. The zero-order chi connectivity index (χ0) is 23.0. The van der Waals surface area contributed by atoms with Crippen molar-refractivity contribution in [2.45, 2.75) is 19.0 Å². The second-order valence-electron chi connectivity index (χ2n) is 8.29. The number of carbonyl (C=O) groups is 1. The van der Waals surface area contributed by atoms with Crippen molar-refractivity contribution in [3.05, 3.63) is 95.2 Å². The predicted octanol–water partition coefficient (Wildman–Crippen LogP) is 5.58. The van der Waals surface area contributed by atoms with Crippen LogP contribution in [0.2, 0.25) is 5.02 Å². The molecule has 0 aliphatic carbocycles. The maximum absolute atomic E-state index is 13.8. The molecule has 1 fully saturated rings. The summed E-state index contributed by atoms with van der Waals surface area (Å²) in [5.41, 5.74) is 1.39. The molecule has 168 valence electrons. The van der Waals surface area contributed by atoms with E-state index in [2.05, 4.69) is 0 Å². The predicted molar refractivity (Wildman–Crippen MR) is 130 cm³/mol. The summed E-state index contributed by atoms with van der Waals surface area (Å²) in [6, 6.07) is 23.9. The van der Waals surface area contributed by atoms with E-state index in [1.165, 1.54) is 0 Å². The normalized spacial score (nSPS) is 17.3. The minimum Gasteiger partial charge on any atom is -0.459 e. The van der Waals surface area contributed by atoms with Crippen LogP contribution in [-0.2, 0) is 16.4 Å². The summed E-state index contributed by atoms with van der Waals surface area (Å²) < 4.78 is 30.5. The van der Waals surface area contributed by atoms with Crippen LogP contribution >= 0.6 is 11.6 Å². The summed E-state index contributed by atoms with van der Waals surface area (Å²) in [5.74, 6) is 1.08. The molecule has 1 aliphatic heterocycles. The van der Waals surface area contributed by atoms with E-state index in [0.717, 1.165) is 16.3 Å². The van der Waals surface area contributed by atoms with Gasteiger partial charge in [0.05, 0.1) is 18.1 Å². The van der Waals surface area contributed by atoms with Crippen molar-refractivity contribution in [2.75, 3.05) is 11.5 Å². The Balaban J connectivity index is 1.50. The summed E-state index contributed by atoms with van der Waals surface area (Å²) in [7, 11) is -3.17. The van der Waals surface area contributed by atoms with Gasteiger partial charge in [-0.3, -0.25) is 4.79 Å². The van der Waals surface area contributed by atoms with E-state index in [4.69, 9.17) is 16.0 Å². The zero-order valence-corrected chi connectivity index (χ0v) is 19.4. The topological polar surface area (TPSA) is 67.6 Å². The minimum absolute atomic E-state index is 0.0363. The minimum atomic E-state index is -3.17. The Bertz CT molecular complexity index is 1440. The Morgan fingerprint density at radius 1 is 1.00 bits per heavy atom. The van der Waals surface area contributed by atoms with Crippen molar-refractivity contribution in [3.8, 4) is 11.3 Å². The third kappa shape index (κ3) is 4.54. The standard InChI is InChI=1S/C26H22ClNO4S/c27-20-8-3-7-19(15-20)25-12-11-22(32-25)16-28(21-13-14-33(30,31)17-21)26(29)24-10-4-6-18-5-1-2-9-23(18)24/h1-12,15,21H,13-14,16-17H2/t21-/m1/s1. The lowest BCUT2D eigenvalue weighted by atomic mass is 10.0. The fourth-order valence-electron chi connectivity index (χ4n) is 4.38. The smallest absolute Gasteiger partial charge is 0.255 e. The highest BCUT2D eigenvalue weighted by Gasteiger charge is 2.36. The molecule has 1 aromatic heterocycles. The van der Waals surface area contributed by atoms with Crippen LogP contribution in [0.25, 0.3) is 22.1 Å². The molecule has 0 saturated carbocycles. The number of benzene rings is 3. The largest absolute Gasteiger partial charge is 0.459 e. The maximum Gasteiger partial charge on any atom is 0.255 e. The average molecular weight is 480 g/mol. The molecule has 4 aromatic rings. The van der Waals surface area contributed by atoms with E-state index < -0.39 is 15.9 Å². The summed E-state index contributed by atoms with van der Waals surface area (Å²) in [6.45, 7) is 0.183. The maximum atomic E-state index is 13.8. The summed E-state index contributed by atoms with van der Waals surface area (Å²) in [5, 5.41) is 2.41. The van der Waals surface area contributed by atoms with E-state index in [9.17, 15) is 13.2 Å². The summed E-state index contributed by atoms with van der Waals surface area (Å²) in [6.07, 6.45) is 0.417. The van der Waals surface area contributed by atoms with Crippen molar-refractivity contribution in [2.24, 2.45) is 0 Å². The van der Waals surface area contributed by atoms with E-state index in [-0.39, 0.29) is 24.0 Å². The molecular formula is C26H22ClNO4S. The Hall–Kier alpha value is -3.09. The molecule has 0 radical (unpaired) electrons. The van der Waals surface area contributed by atoms with Crippen molar-refractivity contribution < 1.29 is 17.6 Å². The number of hydrogen-bond donors (Lipinski definition) is 0.